The van der Waals surface area contributed by atoms with Gasteiger partial charge in [0.05, 0.1) is 13.2 Å². The quantitative estimate of drug-likeness (QED) is 0.775. The third-order valence-electron chi connectivity index (χ3n) is 4.44. The molecule has 1 fully saturated rings. The van der Waals surface area contributed by atoms with Crippen LogP contribution in [-0.4, -0.2) is 55.6 Å². The molecule has 0 radical (unpaired) electrons. The number of likely N-dealkylation sites (tertiary alicyclic amines) is 1. The van der Waals surface area contributed by atoms with E-state index in [1.54, 1.807) is 7.11 Å². The van der Waals surface area contributed by atoms with Crippen molar-refractivity contribution in [2.24, 2.45) is 11.8 Å². The molecule has 1 aromatic carbocycles. The predicted octanol–water partition coefficient (Wildman–Crippen LogP) is 2.64. The Morgan fingerprint density at radius 2 is 1.87 bits per heavy atom. The van der Waals surface area contributed by atoms with Gasteiger partial charge in [0.15, 0.2) is 0 Å². The molecule has 1 amide bonds. The highest BCUT2D eigenvalue weighted by molar-refractivity contribution is 5.78. The first-order chi connectivity index (χ1) is 11.1. The van der Waals surface area contributed by atoms with Gasteiger partial charge in [-0.25, -0.2) is 0 Å². The lowest BCUT2D eigenvalue weighted by Crippen LogP contribution is -2.47. The fourth-order valence-electron chi connectivity index (χ4n) is 3.43. The number of carbonyl (C=O) groups excluding carboxylic acids is 1. The summed E-state index contributed by atoms with van der Waals surface area (Å²) in [5.74, 6) is 1.45. The van der Waals surface area contributed by atoms with E-state index in [1.807, 2.05) is 23.1 Å². The Bertz CT molecular complexity index is 468. The van der Waals surface area contributed by atoms with Crippen molar-refractivity contribution in [2.45, 2.75) is 26.8 Å². The van der Waals surface area contributed by atoms with E-state index < -0.39 is 0 Å². The first-order valence-corrected chi connectivity index (χ1v) is 8.61. The van der Waals surface area contributed by atoms with Crippen molar-refractivity contribution in [2.75, 3.05) is 39.9 Å². The largest absolute Gasteiger partial charge is 0.383 e. The van der Waals surface area contributed by atoms with E-state index in [-0.39, 0.29) is 5.91 Å². The molecule has 1 heterocycles. The number of ether oxygens (including phenoxy) is 1. The van der Waals surface area contributed by atoms with Crippen LogP contribution < -0.4 is 0 Å². The third-order valence-corrected chi connectivity index (χ3v) is 4.44. The molecule has 128 valence electrons. The van der Waals surface area contributed by atoms with Crippen molar-refractivity contribution in [3.8, 4) is 0 Å². The monoisotopic (exact) mass is 318 g/mol. The van der Waals surface area contributed by atoms with Crippen LogP contribution in [0.2, 0.25) is 0 Å². The molecule has 23 heavy (non-hydrogen) atoms. The summed E-state index contributed by atoms with van der Waals surface area (Å²) in [6.07, 6.45) is 1.22. The average molecular weight is 318 g/mol. The number of piperidine rings is 1. The van der Waals surface area contributed by atoms with Crippen LogP contribution >= 0.6 is 0 Å². The van der Waals surface area contributed by atoms with Gasteiger partial charge in [0.1, 0.15) is 0 Å². The Balaban J connectivity index is 1.94. The van der Waals surface area contributed by atoms with E-state index in [1.165, 1.54) is 12.0 Å². The van der Waals surface area contributed by atoms with Crippen LogP contribution in [0.4, 0.5) is 0 Å². The Hall–Kier alpha value is -1.39. The highest BCUT2D eigenvalue weighted by atomic mass is 16.5. The molecule has 0 aliphatic carbocycles. The van der Waals surface area contributed by atoms with Crippen LogP contribution in [0.1, 0.15) is 25.8 Å². The van der Waals surface area contributed by atoms with E-state index >= 15 is 0 Å². The van der Waals surface area contributed by atoms with Gasteiger partial charge in [-0.15, -0.1) is 0 Å². The van der Waals surface area contributed by atoms with Crippen LogP contribution in [0.3, 0.4) is 0 Å². The normalized spacial score (nSPS) is 21.7. The molecule has 0 saturated carbocycles. The van der Waals surface area contributed by atoms with Crippen LogP contribution in [-0.2, 0) is 16.1 Å². The van der Waals surface area contributed by atoms with Crippen molar-refractivity contribution >= 4 is 5.91 Å². The molecule has 0 bridgehead atoms. The molecule has 4 nitrogen and oxygen atoms in total. The number of hydrogen-bond acceptors (Lipinski definition) is 3. The molecule has 0 N–H and O–H groups in total. The summed E-state index contributed by atoms with van der Waals surface area (Å²) in [5.41, 5.74) is 1.23. The first kappa shape index (κ1) is 18.0. The van der Waals surface area contributed by atoms with Crippen molar-refractivity contribution in [1.29, 1.82) is 0 Å². The number of benzene rings is 1. The molecular formula is C19H30N2O2. The molecule has 2 unspecified atom stereocenters. The fraction of sp³-hybridized carbons (Fsp3) is 0.632. The lowest BCUT2D eigenvalue weighted by atomic mass is 9.92. The first-order valence-electron chi connectivity index (χ1n) is 8.61. The summed E-state index contributed by atoms with van der Waals surface area (Å²) < 4.78 is 5.20. The van der Waals surface area contributed by atoms with Gasteiger partial charge in [0.25, 0.3) is 0 Å². The zero-order valence-electron chi connectivity index (χ0n) is 14.7. The number of carbonyl (C=O) groups is 1. The SMILES string of the molecule is COCCN(CC(=O)N1CC(C)CC(C)C1)Cc1ccccc1. The van der Waals surface area contributed by atoms with E-state index in [0.717, 1.165) is 26.2 Å². The van der Waals surface area contributed by atoms with E-state index in [2.05, 4.69) is 30.9 Å². The van der Waals surface area contributed by atoms with Crippen molar-refractivity contribution in [3.05, 3.63) is 35.9 Å². The maximum absolute atomic E-state index is 12.7. The highest BCUT2D eigenvalue weighted by Crippen LogP contribution is 2.21. The molecule has 0 aromatic heterocycles. The number of hydrogen-bond donors (Lipinski definition) is 0. The van der Waals surface area contributed by atoms with Crippen LogP contribution in [0.15, 0.2) is 30.3 Å². The second-order valence-corrected chi connectivity index (χ2v) is 6.93. The average Bonchev–Trinajstić information content (AvgIpc) is 2.52. The van der Waals surface area contributed by atoms with Crippen molar-refractivity contribution < 1.29 is 9.53 Å². The molecule has 1 aliphatic heterocycles. The van der Waals surface area contributed by atoms with Gasteiger partial charge in [-0.1, -0.05) is 44.2 Å². The van der Waals surface area contributed by atoms with Crippen LogP contribution in [0.5, 0.6) is 0 Å². The molecule has 0 spiro atoms. The molecule has 2 rings (SSSR count). The van der Waals surface area contributed by atoms with Gasteiger partial charge in [0, 0.05) is 33.3 Å². The zero-order chi connectivity index (χ0) is 16.7. The van der Waals surface area contributed by atoms with Gasteiger partial charge in [0.2, 0.25) is 5.91 Å². The van der Waals surface area contributed by atoms with E-state index in [9.17, 15) is 4.79 Å². The van der Waals surface area contributed by atoms with Gasteiger partial charge in [-0.2, -0.15) is 0 Å². The predicted molar refractivity (Wildman–Crippen MR) is 93.1 cm³/mol. The minimum absolute atomic E-state index is 0.246. The number of rotatable bonds is 7. The lowest BCUT2D eigenvalue weighted by molar-refractivity contribution is -0.135. The van der Waals surface area contributed by atoms with E-state index in [4.69, 9.17) is 4.74 Å². The third kappa shape index (κ3) is 5.96. The summed E-state index contributed by atoms with van der Waals surface area (Å²) in [6.45, 7) is 8.94. The van der Waals surface area contributed by atoms with Crippen LogP contribution in [0.25, 0.3) is 0 Å². The van der Waals surface area contributed by atoms with Gasteiger partial charge >= 0.3 is 0 Å². The number of methoxy groups -OCH3 is 1. The standard InChI is InChI=1S/C19H30N2O2/c1-16-11-17(2)13-21(12-16)19(22)15-20(9-10-23-3)14-18-7-5-4-6-8-18/h4-8,16-17H,9-15H2,1-3H3. The zero-order valence-corrected chi connectivity index (χ0v) is 14.7. The summed E-state index contributed by atoms with van der Waals surface area (Å²) >= 11 is 0. The molecule has 1 aliphatic rings. The maximum atomic E-state index is 12.7. The molecule has 4 heteroatoms. The second-order valence-electron chi connectivity index (χ2n) is 6.93. The number of nitrogens with zero attached hydrogens (tertiary/aromatic N) is 2. The highest BCUT2D eigenvalue weighted by Gasteiger charge is 2.26. The molecular weight excluding hydrogens is 288 g/mol. The van der Waals surface area contributed by atoms with Gasteiger partial charge in [-0.3, -0.25) is 9.69 Å². The summed E-state index contributed by atoms with van der Waals surface area (Å²) in [5, 5.41) is 0. The van der Waals surface area contributed by atoms with Gasteiger partial charge in [-0.05, 0) is 23.8 Å². The Kier molecular flexibility index (Phi) is 7.06. The minimum Gasteiger partial charge on any atom is -0.383 e. The summed E-state index contributed by atoms with van der Waals surface area (Å²) in [7, 11) is 1.70. The minimum atomic E-state index is 0.246. The second kappa shape index (κ2) is 9.04. The Morgan fingerprint density at radius 1 is 1.22 bits per heavy atom. The lowest BCUT2D eigenvalue weighted by Gasteiger charge is -2.36. The fourth-order valence-corrected chi connectivity index (χ4v) is 3.43. The summed E-state index contributed by atoms with van der Waals surface area (Å²) in [4.78, 5) is 16.9. The Morgan fingerprint density at radius 3 is 2.48 bits per heavy atom. The van der Waals surface area contributed by atoms with Crippen LogP contribution in [0, 0.1) is 11.8 Å². The van der Waals surface area contributed by atoms with E-state index in [0.29, 0.717) is 25.0 Å². The van der Waals surface area contributed by atoms with Crippen molar-refractivity contribution in [1.82, 2.24) is 9.80 Å². The molecule has 2 atom stereocenters. The topological polar surface area (TPSA) is 32.8 Å². The maximum Gasteiger partial charge on any atom is 0.236 e. The number of amides is 1. The van der Waals surface area contributed by atoms with Gasteiger partial charge < -0.3 is 9.64 Å². The summed E-state index contributed by atoms with van der Waals surface area (Å²) in [6, 6.07) is 10.3. The Labute approximate surface area is 140 Å². The molecule has 1 aromatic rings. The smallest absolute Gasteiger partial charge is 0.236 e. The van der Waals surface area contributed by atoms with Crippen molar-refractivity contribution in [3.63, 3.8) is 0 Å². The molecule has 1 saturated heterocycles.